The van der Waals surface area contributed by atoms with Crippen molar-refractivity contribution in [3.05, 3.63) is 77.4 Å². The van der Waals surface area contributed by atoms with E-state index in [1.165, 1.54) is 6.07 Å². The fourth-order valence-corrected chi connectivity index (χ4v) is 2.60. The molecule has 1 unspecified atom stereocenters. The Balaban J connectivity index is 2.22. The number of aryl methyl sites for hydroxylation is 1. The lowest BCUT2D eigenvalue weighted by Gasteiger charge is -2.26. The molecule has 0 aliphatic heterocycles. The Morgan fingerprint density at radius 3 is 2.71 bits per heavy atom. The normalized spacial score (nSPS) is 14.1. The summed E-state index contributed by atoms with van der Waals surface area (Å²) in [5, 5.41) is 12.8. The smallest absolute Gasteiger partial charge is 0.126 e. The molecule has 1 heterocycles. The van der Waals surface area contributed by atoms with E-state index >= 15 is 0 Å². The van der Waals surface area contributed by atoms with Crippen LogP contribution >= 0.6 is 0 Å². The SMILES string of the molecule is Cc1ccc(C(C)(O)c2cccc3cnccc23)cc1F. The monoisotopic (exact) mass is 281 g/mol. The van der Waals surface area contributed by atoms with Crippen molar-refractivity contribution in [2.24, 2.45) is 0 Å². The molecule has 0 aliphatic carbocycles. The second-order valence-corrected chi connectivity index (χ2v) is 5.44. The summed E-state index contributed by atoms with van der Waals surface area (Å²) in [6.45, 7) is 3.39. The first kappa shape index (κ1) is 13.7. The first-order chi connectivity index (χ1) is 10.00. The number of pyridine rings is 1. The Hall–Kier alpha value is -2.26. The predicted molar refractivity (Wildman–Crippen MR) is 81.6 cm³/mol. The van der Waals surface area contributed by atoms with Crippen LogP contribution in [-0.4, -0.2) is 10.1 Å². The number of hydrogen-bond donors (Lipinski definition) is 1. The summed E-state index contributed by atoms with van der Waals surface area (Å²) in [5.74, 6) is -0.310. The third-order valence-electron chi connectivity index (χ3n) is 3.94. The van der Waals surface area contributed by atoms with Gasteiger partial charge in [-0.15, -0.1) is 0 Å². The minimum absolute atomic E-state index is 0.310. The van der Waals surface area contributed by atoms with E-state index < -0.39 is 5.60 Å². The van der Waals surface area contributed by atoms with Crippen molar-refractivity contribution in [2.75, 3.05) is 0 Å². The molecule has 3 aromatic rings. The van der Waals surface area contributed by atoms with E-state index in [9.17, 15) is 9.50 Å². The predicted octanol–water partition coefficient (Wildman–Crippen LogP) is 3.94. The molecule has 1 atom stereocenters. The Labute approximate surface area is 122 Å². The molecule has 2 aromatic carbocycles. The van der Waals surface area contributed by atoms with Gasteiger partial charge in [0.25, 0.3) is 0 Å². The van der Waals surface area contributed by atoms with Crippen molar-refractivity contribution in [2.45, 2.75) is 19.4 Å². The van der Waals surface area contributed by atoms with Gasteiger partial charge >= 0.3 is 0 Å². The zero-order chi connectivity index (χ0) is 15.0. The standard InChI is InChI=1S/C18H16FNO/c1-12-6-7-14(10-17(12)19)18(2,21)16-5-3-4-13-11-20-9-8-15(13)16/h3-11,21H,1-2H3. The minimum Gasteiger partial charge on any atom is -0.381 e. The summed E-state index contributed by atoms with van der Waals surface area (Å²) in [7, 11) is 0. The molecule has 0 saturated carbocycles. The summed E-state index contributed by atoms with van der Waals surface area (Å²) < 4.78 is 13.8. The van der Waals surface area contributed by atoms with Crippen LogP contribution in [-0.2, 0) is 5.60 Å². The molecule has 0 aliphatic rings. The van der Waals surface area contributed by atoms with Gasteiger partial charge in [-0.1, -0.05) is 30.3 Å². The number of rotatable bonds is 2. The van der Waals surface area contributed by atoms with E-state index in [-0.39, 0.29) is 5.82 Å². The number of aromatic nitrogens is 1. The van der Waals surface area contributed by atoms with Crippen molar-refractivity contribution in [3.8, 4) is 0 Å². The van der Waals surface area contributed by atoms with Crippen LogP contribution in [0.25, 0.3) is 10.8 Å². The van der Waals surface area contributed by atoms with Crippen molar-refractivity contribution in [3.63, 3.8) is 0 Å². The molecule has 0 bridgehead atoms. The highest BCUT2D eigenvalue weighted by Gasteiger charge is 2.28. The van der Waals surface area contributed by atoms with Gasteiger partial charge in [0.05, 0.1) is 0 Å². The molecule has 0 spiro atoms. The highest BCUT2D eigenvalue weighted by molar-refractivity contribution is 5.86. The van der Waals surface area contributed by atoms with Gasteiger partial charge in [-0.05, 0) is 48.1 Å². The van der Waals surface area contributed by atoms with Crippen LogP contribution in [0.15, 0.2) is 54.9 Å². The third kappa shape index (κ3) is 2.30. The highest BCUT2D eigenvalue weighted by atomic mass is 19.1. The zero-order valence-electron chi connectivity index (χ0n) is 12.0. The molecule has 2 nitrogen and oxygen atoms in total. The van der Waals surface area contributed by atoms with Crippen LogP contribution in [0.4, 0.5) is 4.39 Å². The van der Waals surface area contributed by atoms with Crippen LogP contribution in [0.1, 0.15) is 23.6 Å². The Morgan fingerprint density at radius 2 is 1.95 bits per heavy atom. The quantitative estimate of drug-likeness (QED) is 0.772. The van der Waals surface area contributed by atoms with Gasteiger partial charge in [0, 0.05) is 17.8 Å². The van der Waals surface area contributed by atoms with Gasteiger partial charge in [-0.25, -0.2) is 4.39 Å². The third-order valence-corrected chi connectivity index (χ3v) is 3.94. The average molecular weight is 281 g/mol. The van der Waals surface area contributed by atoms with Gasteiger partial charge < -0.3 is 5.11 Å². The second kappa shape index (κ2) is 4.93. The molecule has 0 amide bonds. The highest BCUT2D eigenvalue weighted by Crippen LogP contribution is 2.34. The van der Waals surface area contributed by atoms with Gasteiger partial charge in [0.1, 0.15) is 11.4 Å². The summed E-state index contributed by atoms with van der Waals surface area (Å²) in [6.07, 6.45) is 3.45. The Kier molecular flexibility index (Phi) is 3.22. The van der Waals surface area contributed by atoms with Crippen LogP contribution in [0.5, 0.6) is 0 Å². The molecule has 1 aromatic heterocycles. The van der Waals surface area contributed by atoms with Gasteiger partial charge in [0.2, 0.25) is 0 Å². The lowest BCUT2D eigenvalue weighted by molar-refractivity contribution is 0.103. The lowest BCUT2D eigenvalue weighted by Crippen LogP contribution is -2.23. The zero-order valence-corrected chi connectivity index (χ0v) is 12.0. The second-order valence-electron chi connectivity index (χ2n) is 5.44. The van der Waals surface area contributed by atoms with Crippen molar-refractivity contribution < 1.29 is 9.50 Å². The van der Waals surface area contributed by atoms with E-state index in [4.69, 9.17) is 0 Å². The number of fused-ring (bicyclic) bond motifs is 1. The lowest BCUT2D eigenvalue weighted by atomic mass is 9.85. The van der Waals surface area contributed by atoms with Gasteiger partial charge in [-0.3, -0.25) is 4.98 Å². The minimum atomic E-state index is -1.27. The molecule has 3 heteroatoms. The van der Waals surface area contributed by atoms with Crippen LogP contribution in [0.2, 0.25) is 0 Å². The van der Waals surface area contributed by atoms with Gasteiger partial charge in [0.15, 0.2) is 0 Å². The average Bonchev–Trinajstić information content (AvgIpc) is 2.49. The van der Waals surface area contributed by atoms with Crippen molar-refractivity contribution in [1.82, 2.24) is 4.98 Å². The summed E-state index contributed by atoms with van der Waals surface area (Å²) in [5.41, 5.74) is 0.576. The number of aliphatic hydroxyl groups is 1. The van der Waals surface area contributed by atoms with E-state index in [2.05, 4.69) is 4.98 Å². The fourth-order valence-electron chi connectivity index (χ4n) is 2.60. The first-order valence-electron chi connectivity index (χ1n) is 6.82. The summed E-state index contributed by atoms with van der Waals surface area (Å²) in [4.78, 5) is 4.09. The molecule has 21 heavy (non-hydrogen) atoms. The van der Waals surface area contributed by atoms with E-state index in [0.717, 1.165) is 16.3 Å². The van der Waals surface area contributed by atoms with E-state index in [1.807, 2.05) is 24.3 Å². The summed E-state index contributed by atoms with van der Waals surface area (Å²) in [6, 6.07) is 12.4. The molecular formula is C18H16FNO. The number of nitrogens with zero attached hydrogens (tertiary/aromatic N) is 1. The van der Waals surface area contributed by atoms with Crippen LogP contribution < -0.4 is 0 Å². The summed E-state index contributed by atoms with van der Waals surface area (Å²) >= 11 is 0. The molecule has 0 fully saturated rings. The van der Waals surface area contributed by atoms with E-state index in [0.29, 0.717) is 11.1 Å². The van der Waals surface area contributed by atoms with Gasteiger partial charge in [-0.2, -0.15) is 0 Å². The van der Waals surface area contributed by atoms with Crippen molar-refractivity contribution >= 4 is 10.8 Å². The molecule has 0 saturated heterocycles. The Bertz CT molecular complexity index is 806. The molecule has 106 valence electrons. The maximum absolute atomic E-state index is 13.8. The fraction of sp³-hybridized carbons (Fsp3) is 0.167. The van der Waals surface area contributed by atoms with Crippen LogP contribution in [0, 0.1) is 12.7 Å². The van der Waals surface area contributed by atoms with Crippen LogP contribution in [0.3, 0.4) is 0 Å². The molecular weight excluding hydrogens is 265 g/mol. The maximum atomic E-state index is 13.8. The number of halogens is 1. The van der Waals surface area contributed by atoms with Crippen molar-refractivity contribution in [1.29, 1.82) is 0 Å². The molecule has 3 rings (SSSR count). The largest absolute Gasteiger partial charge is 0.381 e. The topological polar surface area (TPSA) is 33.1 Å². The molecule has 1 N–H and O–H groups in total. The number of benzene rings is 2. The first-order valence-corrected chi connectivity index (χ1v) is 6.82. The Morgan fingerprint density at radius 1 is 1.14 bits per heavy atom. The number of hydrogen-bond acceptors (Lipinski definition) is 2. The molecule has 0 radical (unpaired) electrons. The van der Waals surface area contributed by atoms with E-state index in [1.54, 1.807) is 38.4 Å². The maximum Gasteiger partial charge on any atom is 0.126 e.